The highest BCUT2D eigenvalue weighted by Crippen LogP contribution is 2.20. The molecule has 0 saturated heterocycles. The van der Waals surface area contributed by atoms with Gasteiger partial charge in [0.2, 0.25) is 0 Å². The first-order valence-electron chi connectivity index (χ1n) is 4.13. The summed E-state index contributed by atoms with van der Waals surface area (Å²) >= 11 is 4.74. The monoisotopic (exact) mass is 277 g/mol. The highest BCUT2D eigenvalue weighted by molar-refractivity contribution is 9.11. The fourth-order valence-electron chi connectivity index (χ4n) is 0.828. The number of rotatable bonds is 3. The molecular formula is C9H12BrNO2S. The lowest BCUT2D eigenvalue weighted by atomic mass is 10.1. The maximum Gasteiger partial charge on any atom is 0.252 e. The van der Waals surface area contributed by atoms with Crippen molar-refractivity contribution in [2.24, 2.45) is 0 Å². The van der Waals surface area contributed by atoms with Crippen LogP contribution < -0.4 is 5.32 Å². The molecule has 1 amide bonds. The number of aliphatic hydroxyl groups is 1. The van der Waals surface area contributed by atoms with Crippen LogP contribution in [0.4, 0.5) is 0 Å². The first-order chi connectivity index (χ1) is 6.38. The number of nitrogens with one attached hydrogen (secondary N) is 1. The minimum Gasteiger partial charge on any atom is -0.389 e. The molecule has 0 aliphatic carbocycles. The van der Waals surface area contributed by atoms with Gasteiger partial charge in [-0.3, -0.25) is 4.79 Å². The number of amides is 1. The average Bonchev–Trinajstić information content (AvgIpc) is 2.46. The average molecular weight is 278 g/mol. The summed E-state index contributed by atoms with van der Waals surface area (Å²) in [5, 5.41) is 13.8. The summed E-state index contributed by atoms with van der Waals surface area (Å²) in [6.45, 7) is 3.55. The smallest absolute Gasteiger partial charge is 0.252 e. The largest absolute Gasteiger partial charge is 0.389 e. The molecule has 0 saturated carbocycles. The van der Waals surface area contributed by atoms with Gasteiger partial charge in [0.1, 0.15) is 0 Å². The summed E-state index contributed by atoms with van der Waals surface area (Å²) < 4.78 is 0.922. The molecule has 78 valence electrons. The molecule has 1 aromatic rings. The maximum atomic E-state index is 11.5. The molecule has 0 atom stereocenters. The van der Waals surface area contributed by atoms with Crippen molar-refractivity contribution in [2.75, 3.05) is 6.54 Å². The second-order valence-electron chi connectivity index (χ2n) is 3.63. The van der Waals surface area contributed by atoms with E-state index in [1.807, 2.05) is 0 Å². The van der Waals surface area contributed by atoms with Gasteiger partial charge in [-0.15, -0.1) is 11.3 Å². The highest BCUT2D eigenvalue weighted by atomic mass is 79.9. The molecule has 0 spiro atoms. The van der Waals surface area contributed by atoms with Crippen LogP contribution in [0.25, 0.3) is 0 Å². The molecule has 0 radical (unpaired) electrons. The van der Waals surface area contributed by atoms with E-state index in [1.165, 1.54) is 11.3 Å². The van der Waals surface area contributed by atoms with Gasteiger partial charge in [-0.1, -0.05) is 0 Å². The Kier molecular flexibility index (Phi) is 3.69. The van der Waals surface area contributed by atoms with Crippen LogP contribution in [0.2, 0.25) is 0 Å². The molecule has 3 nitrogen and oxygen atoms in total. The SMILES string of the molecule is CC(C)(O)CNC(=O)c1csc(Br)c1. The zero-order valence-electron chi connectivity index (χ0n) is 8.00. The van der Waals surface area contributed by atoms with E-state index in [0.29, 0.717) is 5.56 Å². The molecule has 0 unspecified atom stereocenters. The van der Waals surface area contributed by atoms with Gasteiger partial charge in [0.25, 0.3) is 5.91 Å². The second-order valence-corrected chi connectivity index (χ2v) is 5.93. The number of halogens is 1. The van der Waals surface area contributed by atoms with Crippen LogP contribution >= 0.6 is 27.3 Å². The minimum absolute atomic E-state index is 0.158. The molecule has 0 fully saturated rings. The molecular weight excluding hydrogens is 266 g/mol. The zero-order valence-corrected chi connectivity index (χ0v) is 10.4. The summed E-state index contributed by atoms with van der Waals surface area (Å²) in [4.78, 5) is 11.5. The Morgan fingerprint density at radius 3 is 2.79 bits per heavy atom. The molecule has 0 aliphatic heterocycles. The van der Waals surface area contributed by atoms with Gasteiger partial charge in [0, 0.05) is 11.9 Å². The molecule has 1 heterocycles. The predicted octanol–water partition coefficient (Wildman–Crippen LogP) is 2.01. The molecule has 5 heteroatoms. The topological polar surface area (TPSA) is 49.3 Å². The fourth-order valence-corrected chi connectivity index (χ4v) is 1.96. The normalized spacial score (nSPS) is 11.4. The first-order valence-corrected chi connectivity index (χ1v) is 5.80. The molecule has 1 rings (SSSR count). The van der Waals surface area contributed by atoms with Crippen LogP contribution in [-0.4, -0.2) is 23.2 Å². The molecule has 0 aliphatic rings. The van der Waals surface area contributed by atoms with Crippen LogP contribution in [0.15, 0.2) is 15.2 Å². The molecule has 2 N–H and O–H groups in total. The summed E-state index contributed by atoms with van der Waals surface area (Å²) in [6.07, 6.45) is 0. The Bertz CT molecular complexity index is 330. The standard InChI is InChI=1S/C9H12BrNO2S/c1-9(2,13)5-11-8(12)6-3-7(10)14-4-6/h3-4,13H,5H2,1-2H3,(H,11,12). The first kappa shape index (κ1) is 11.7. The summed E-state index contributed by atoms with van der Waals surface area (Å²) in [5.74, 6) is -0.158. The Morgan fingerprint density at radius 1 is 1.71 bits per heavy atom. The van der Waals surface area contributed by atoms with Crippen molar-refractivity contribution < 1.29 is 9.90 Å². The third kappa shape index (κ3) is 3.77. The number of carbonyl (C=O) groups excluding carboxylic acids is 1. The molecule has 14 heavy (non-hydrogen) atoms. The van der Waals surface area contributed by atoms with Crippen LogP contribution in [0.5, 0.6) is 0 Å². The van der Waals surface area contributed by atoms with Crippen molar-refractivity contribution in [3.05, 3.63) is 20.8 Å². The van der Waals surface area contributed by atoms with Gasteiger partial charge < -0.3 is 10.4 Å². The van der Waals surface area contributed by atoms with Gasteiger partial charge in [-0.2, -0.15) is 0 Å². The van der Waals surface area contributed by atoms with Gasteiger partial charge in [-0.25, -0.2) is 0 Å². The number of thiophene rings is 1. The summed E-state index contributed by atoms with van der Waals surface area (Å²) in [5.41, 5.74) is -0.255. The van der Waals surface area contributed by atoms with E-state index in [-0.39, 0.29) is 12.5 Å². The van der Waals surface area contributed by atoms with Gasteiger partial charge in [0.05, 0.1) is 15.0 Å². The van der Waals surface area contributed by atoms with Crippen molar-refractivity contribution in [3.8, 4) is 0 Å². The van der Waals surface area contributed by atoms with Crippen LogP contribution in [0.3, 0.4) is 0 Å². The Balaban J connectivity index is 2.52. The van der Waals surface area contributed by atoms with E-state index < -0.39 is 5.60 Å². The van der Waals surface area contributed by atoms with Gasteiger partial charge >= 0.3 is 0 Å². The van der Waals surface area contributed by atoms with E-state index in [2.05, 4.69) is 21.2 Å². The molecule has 1 aromatic heterocycles. The summed E-state index contributed by atoms with van der Waals surface area (Å²) in [7, 11) is 0. The third-order valence-electron chi connectivity index (χ3n) is 1.51. The minimum atomic E-state index is -0.872. The zero-order chi connectivity index (χ0) is 10.8. The molecule has 0 bridgehead atoms. The predicted molar refractivity (Wildman–Crippen MR) is 60.7 cm³/mol. The number of hydrogen-bond donors (Lipinski definition) is 2. The van der Waals surface area contributed by atoms with Crippen molar-refractivity contribution in [3.63, 3.8) is 0 Å². The fraction of sp³-hybridized carbons (Fsp3) is 0.444. The van der Waals surface area contributed by atoms with E-state index in [9.17, 15) is 9.90 Å². The van der Waals surface area contributed by atoms with E-state index in [1.54, 1.807) is 25.3 Å². The Morgan fingerprint density at radius 2 is 2.36 bits per heavy atom. The maximum absolute atomic E-state index is 11.5. The van der Waals surface area contributed by atoms with Crippen LogP contribution in [0.1, 0.15) is 24.2 Å². The third-order valence-corrected chi connectivity index (χ3v) is 3.02. The van der Waals surface area contributed by atoms with Crippen molar-refractivity contribution in [1.82, 2.24) is 5.32 Å². The summed E-state index contributed by atoms with van der Waals surface area (Å²) in [6, 6.07) is 1.75. The lowest BCUT2D eigenvalue weighted by Gasteiger charge is -2.17. The van der Waals surface area contributed by atoms with Crippen molar-refractivity contribution >= 4 is 33.2 Å². The lowest BCUT2D eigenvalue weighted by Crippen LogP contribution is -2.38. The van der Waals surface area contributed by atoms with Crippen molar-refractivity contribution in [2.45, 2.75) is 19.4 Å². The quantitative estimate of drug-likeness (QED) is 0.888. The van der Waals surface area contributed by atoms with E-state index in [0.717, 1.165) is 3.79 Å². The van der Waals surface area contributed by atoms with E-state index >= 15 is 0 Å². The Hall–Kier alpha value is -0.390. The molecule has 0 aromatic carbocycles. The van der Waals surface area contributed by atoms with Crippen molar-refractivity contribution in [1.29, 1.82) is 0 Å². The van der Waals surface area contributed by atoms with Crippen LogP contribution in [0, 0.1) is 0 Å². The second kappa shape index (κ2) is 4.42. The van der Waals surface area contributed by atoms with Crippen LogP contribution in [-0.2, 0) is 0 Å². The van der Waals surface area contributed by atoms with Gasteiger partial charge in [-0.05, 0) is 35.8 Å². The van der Waals surface area contributed by atoms with E-state index in [4.69, 9.17) is 0 Å². The van der Waals surface area contributed by atoms with Gasteiger partial charge in [0.15, 0.2) is 0 Å². The number of carbonyl (C=O) groups is 1. The lowest BCUT2D eigenvalue weighted by molar-refractivity contribution is 0.0694. The highest BCUT2D eigenvalue weighted by Gasteiger charge is 2.15. The Labute approximate surface area is 95.3 Å². The number of hydrogen-bond acceptors (Lipinski definition) is 3.